The molecule has 68 valence electrons. The fraction of sp³-hybridized carbons (Fsp3) is 0.556. The Kier molecular flexibility index (Phi) is 2.84. The molecule has 0 aliphatic carbocycles. The van der Waals surface area contributed by atoms with Gasteiger partial charge in [-0.3, -0.25) is 0 Å². The molecule has 0 bridgehead atoms. The summed E-state index contributed by atoms with van der Waals surface area (Å²) in [6.07, 6.45) is 0. The first-order chi connectivity index (χ1) is 5.45. The molecule has 0 aliphatic heterocycles. The summed E-state index contributed by atoms with van der Waals surface area (Å²) in [5.74, 6) is 0. The Labute approximate surface area is 85.9 Å². The highest BCUT2D eigenvalue weighted by atomic mass is 79.9. The van der Waals surface area contributed by atoms with Crippen LogP contribution in [-0.4, -0.2) is 7.11 Å². The minimum atomic E-state index is 0.212. The van der Waals surface area contributed by atoms with Crippen LogP contribution in [0.25, 0.3) is 0 Å². The van der Waals surface area contributed by atoms with Crippen molar-refractivity contribution in [2.24, 2.45) is 0 Å². The molecular weight excluding hydrogens is 236 g/mol. The van der Waals surface area contributed by atoms with Gasteiger partial charge in [0.25, 0.3) is 0 Å². The SMILES string of the molecule is COc1sc(C(C)(C)C)cc1Br. The molecule has 0 spiro atoms. The van der Waals surface area contributed by atoms with Crippen LogP contribution in [0.2, 0.25) is 0 Å². The Bertz CT molecular complexity index is 273. The summed E-state index contributed by atoms with van der Waals surface area (Å²) in [7, 11) is 1.70. The predicted octanol–water partition coefficient (Wildman–Crippen LogP) is 3.82. The van der Waals surface area contributed by atoms with Gasteiger partial charge in [-0.05, 0) is 27.4 Å². The second-order valence-electron chi connectivity index (χ2n) is 3.70. The Morgan fingerprint density at radius 1 is 1.42 bits per heavy atom. The van der Waals surface area contributed by atoms with E-state index in [1.807, 2.05) is 0 Å². The average molecular weight is 249 g/mol. The van der Waals surface area contributed by atoms with Gasteiger partial charge < -0.3 is 4.74 Å². The molecule has 1 nitrogen and oxygen atoms in total. The van der Waals surface area contributed by atoms with Gasteiger partial charge in [0, 0.05) is 4.88 Å². The van der Waals surface area contributed by atoms with Crippen LogP contribution in [0.1, 0.15) is 25.6 Å². The monoisotopic (exact) mass is 248 g/mol. The van der Waals surface area contributed by atoms with Crippen molar-refractivity contribution < 1.29 is 4.74 Å². The Hall–Kier alpha value is -0.0200. The maximum absolute atomic E-state index is 5.19. The van der Waals surface area contributed by atoms with E-state index >= 15 is 0 Å². The number of hydrogen-bond acceptors (Lipinski definition) is 2. The van der Waals surface area contributed by atoms with Crippen molar-refractivity contribution in [2.75, 3.05) is 7.11 Å². The molecule has 12 heavy (non-hydrogen) atoms. The van der Waals surface area contributed by atoms with Gasteiger partial charge in [0.2, 0.25) is 0 Å². The van der Waals surface area contributed by atoms with Crippen molar-refractivity contribution in [1.82, 2.24) is 0 Å². The van der Waals surface area contributed by atoms with E-state index in [0.29, 0.717) is 0 Å². The summed E-state index contributed by atoms with van der Waals surface area (Å²) >= 11 is 5.15. The largest absolute Gasteiger partial charge is 0.486 e. The molecule has 0 N–H and O–H groups in total. The van der Waals surface area contributed by atoms with Crippen molar-refractivity contribution in [3.8, 4) is 5.06 Å². The Morgan fingerprint density at radius 3 is 2.25 bits per heavy atom. The lowest BCUT2D eigenvalue weighted by atomic mass is 9.95. The normalized spacial score (nSPS) is 11.8. The van der Waals surface area contributed by atoms with Gasteiger partial charge in [-0.15, -0.1) is 11.3 Å². The molecule has 0 aromatic carbocycles. The van der Waals surface area contributed by atoms with Crippen molar-refractivity contribution in [3.05, 3.63) is 15.4 Å². The smallest absolute Gasteiger partial charge is 0.188 e. The summed E-state index contributed by atoms with van der Waals surface area (Å²) < 4.78 is 6.25. The van der Waals surface area contributed by atoms with E-state index in [1.54, 1.807) is 18.4 Å². The first-order valence-electron chi connectivity index (χ1n) is 3.79. The highest BCUT2D eigenvalue weighted by Crippen LogP contribution is 2.40. The van der Waals surface area contributed by atoms with Crippen molar-refractivity contribution in [1.29, 1.82) is 0 Å². The molecule has 0 saturated heterocycles. The van der Waals surface area contributed by atoms with Gasteiger partial charge in [-0.1, -0.05) is 20.8 Å². The van der Waals surface area contributed by atoms with Crippen LogP contribution >= 0.6 is 27.3 Å². The van der Waals surface area contributed by atoms with E-state index in [4.69, 9.17) is 4.74 Å². The maximum atomic E-state index is 5.19. The standard InChI is InChI=1S/C9H13BrOS/c1-9(2,3)7-5-6(10)8(11-4)12-7/h5H,1-4H3. The molecule has 0 fully saturated rings. The molecule has 1 heterocycles. The molecule has 0 amide bonds. The molecular formula is C9H13BrOS. The summed E-state index contributed by atoms with van der Waals surface area (Å²) in [5.41, 5.74) is 0.212. The molecule has 0 atom stereocenters. The molecule has 0 unspecified atom stereocenters. The Balaban J connectivity index is 3.05. The van der Waals surface area contributed by atoms with Gasteiger partial charge in [-0.25, -0.2) is 0 Å². The second-order valence-corrected chi connectivity index (χ2v) is 5.57. The number of ether oxygens (including phenoxy) is 1. The highest BCUT2D eigenvalue weighted by Gasteiger charge is 2.18. The third-order valence-electron chi connectivity index (χ3n) is 1.58. The van der Waals surface area contributed by atoms with Gasteiger partial charge in [0.1, 0.15) is 0 Å². The number of rotatable bonds is 1. The molecule has 0 saturated carbocycles. The van der Waals surface area contributed by atoms with Crippen LogP contribution in [0.15, 0.2) is 10.5 Å². The lowest BCUT2D eigenvalue weighted by Gasteiger charge is -2.14. The van der Waals surface area contributed by atoms with Crippen molar-refractivity contribution in [3.63, 3.8) is 0 Å². The van der Waals surface area contributed by atoms with Gasteiger partial charge in [0.05, 0.1) is 11.6 Å². The third kappa shape index (κ3) is 2.02. The van der Waals surface area contributed by atoms with E-state index in [-0.39, 0.29) is 5.41 Å². The lowest BCUT2D eigenvalue weighted by molar-refractivity contribution is 0.425. The summed E-state index contributed by atoms with van der Waals surface area (Å²) in [5, 5.41) is 0.958. The van der Waals surface area contributed by atoms with Crippen LogP contribution in [0, 0.1) is 0 Å². The molecule has 1 rings (SSSR count). The number of methoxy groups -OCH3 is 1. The molecule has 1 aromatic heterocycles. The third-order valence-corrected chi connectivity index (χ3v) is 3.95. The first kappa shape index (κ1) is 10.1. The van der Waals surface area contributed by atoms with Crippen LogP contribution in [0.3, 0.4) is 0 Å². The van der Waals surface area contributed by atoms with Crippen LogP contribution in [0.5, 0.6) is 5.06 Å². The van der Waals surface area contributed by atoms with E-state index in [2.05, 4.69) is 42.8 Å². The lowest BCUT2D eigenvalue weighted by Crippen LogP contribution is -2.07. The molecule has 0 aliphatic rings. The molecule has 0 radical (unpaired) electrons. The summed E-state index contributed by atoms with van der Waals surface area (Å²) in [6, 6.07) is 2.13. The minimum Gasteiger partial charge on any atom is -0.486 e. The van der Waals surface area contributed by atoms with Crippen molar-refractivity contribution in [2.45, 2.75) is 26.2 Å². The zero-order valence-electron chi connectivity index (χ0n) is 7.77. The Morgan fingerprint density at radius 2 is 2.00 bits per heavy atom. The van der Waals surface area contributed by atoms with Crippen LogP contribution < -0.4 is 4.74 Å². The second kappa shape index (κ2) is 3.38. The number of hydrogen-bond donors (Lipinski definition) is 0. The first-order valence-corrected chi connectivity index (χ1v) is 5.40. The van der Waals surface area contributed by atoms with Gasteiger partial charge in [0.15, 0.2) is 5.06 Å². The average Bonchev–Trinajstić information content (AvgIpc) is 2.29. The minimum absolute atomic E-state index is 0.212. The zero-order valence-corrected chi connectivity index (χ0v) is 10.2. The molecule has 3 heteroatoms. The van der Waals surface area contributed by atoms with Gasteiger partial charge in [-0.2, -0.15) is 0 Å². The van der Waals surface area contributed by atoms with E-state index in [1.165, 1.54) is 4.88 Å². The van der Waals surface area contributed by atoms with Crippen LogP contribution in [0.4, 0.5) is 0 Å². The number of halogens is 1. The van der Waals surface area contributed by atoms with E-state index < -0.39 is 0 Å². The highest BCUT2D eigenvalue weighted by molar-refractivity contribution is 9.10. The quantitative estimate of drug-likeness (QED) is 0.735. The maximum Gasteiger partial charge on any atom is 0.188 e. The van der Waals surface area contributed by atoms with E-state index in [9.17, 15) is 0 Å². The zero-order chi connectivity index (χ0) is 9.35. The fourth-order valence-electron chi connectivity index (χ4n) is 0.861. The van der Waals surface area contributed by atoms with E-state index in [0.717, 1.165) is 9.54 Å². The fourth-order valence-corrected chi connectivity index (χ4v) is 2.57. The predicted molar refractivity (Wildman–Crippen MR) is 57.3 cm³/mol. The summed E-state index contributed by atoms with van der Waals surface area (Å²) in [4.78, 5) is 1.34. The van der Waals surface area contributed by atoms with Gasteiger partial charge >= 0.3 is 0 Å². The topological polar surface area (TPSA) is 9.23 Å². The summed E-state index contributed by atoms with van der Waals surface area (Å²) in [6.45, 7) is 6.60. The van der Waals surface area contributed by atoms with Crippen LogP contribution in [-0.2, 0) is 5.41 Å². The number of thiophene rings is 1. The van der Waals surface area contributed by atoms with Crippen molar-refractivity contribution >= 4 is 27.3 Å². The molecule has 1 aromatic rings.